The third kappa shape index (κ3) is 4.41. The molecule has 2 heterocycles. The predicted octanol–water partition coefficient (Wildman–Crippen LogP) is 2.61. The number of hydrogen-bond acceptors (Lipinski definition) is 1. The topological polar surface area (TPSA) is 9.23 Å². The molecule has 0 aliphatic carbocycles. The molecule has 0 unspecified atom stereocenters. The van der Waals surface area contributed by atoms with Crippen LogP contribution < -0.4 is 4.74 Å². The molecule has 5 heteroatoms. The summed E-state index contributed by atoms with van der Waals surface area (Å²) in [5, 5.41) is 0. The zero-order chi connectivity index (χ0) is 14.5. The Morgan fingerprint density at radius 3 is 2.43 bits per heavy atom. The molecule has 0 saturated heterocycles. The Hall–Kier alpha value is 0.318. The van der Waals surface area contributed by atoms with Gasteiger partial charge in [-0.25, -0.2) is 0 Å². The van der Waals surface area contributed by atoms with Gasteiger partial charge in [-0.3, -0.25) is 0 Å². The van der Waals surface area contributed by atoms with Crippen molar-refractivity contribution in [2.45, 2.75) is 19.8 Å². The van der Waals surface area contributed by atoms with Crippen LogP contribution in [0.25, 0.3) is 4.47 Å². The Kier molecular flexibility index (Phi) is 6.36. The van der Waals surface area contributed by atoms with Crippen LogP contribution in [0.1, 0.15) is 25.3 Å². The van der Waals surface area contributed by atoms with Crippen molar-refractivity contribution in [3.05, 3.63) is 51.5 Å². The Labute approximate surface area is 151 Å². The molecular formula is C16H16OSe4. The number of hydrogen-bond donors (Lipinski definition) is 0. The average Bonchev–Trinajstić information content (AvgIpc) is 3.19. The van der Waals surface area contributed by atoms with Gasteiger partial charge in [0, 0.05) is 0 Å². The van der Waals surface area contributed by atoms with Crippen LogP contribution in [0.15, 0.2) is 45.9 Å². The Morgan fingerprint density at radius 2 is 1.71 bits per heavy atom. The van der Waals surface area contributed by atoms with Crippen molar-refractivity contribution in [2.24, 2.45) is 0 Å². The Morgan fingerprint density at radius 1 is 0.952 bits per heavy atom. The van der Waals surface area contributed by atoms with Gasteiger partial charge in [0.1, 0.15) is 0 Å². The van der Waals surface area contributed by atoms with Crippen LogP contribution in [0.4, 0.5) is 0 Å². The molecule has 0 atom stereocenters. The summed E-state index contributed by atoms with van der Waals surface area (Å²) in [7, 11) is 0. The van der Waals surface area contributed by atoms with E-state index in [9.17, 15) is 0 Å². The molecule has 0 radical (unpaired) electrons. The molecule has 1 aromatic rings. The number of unbranched alkanes of at least 4 members (excludes halogenated alkanes) is 1. The van der Waals surface area contributed by atoms with Crippen LogP contribution in [0.3, 0.4) is 0 Å². The first-order valence-electron chi connectivity index (χ1n) is 6.87. The summed E-state index contributed by atoms with van der Waals surface area (Å²) in [6, 6.07) is 8.74. The van der Waals surface area contributed by atoms with Gasteiger partial charge >= 0.3 is 153 Å². The standard InChI is InChI=1S/C16H16OSe4/c1-2-3-8-17-13-6-4-12(5-7-13)14-11-20-16(21-14)15-18-9-10-19-15/h4-7,9-11H,2-3,8H2,1H3. The minimum absolute atomic E-state index is 0.579. The Balaban J connectivity index is 1.61. The molecule has 0 amide bonds. The van der Waals surface area contributed by atoms with Crippen LogP contribution in [0.5, 0.6) is 5.75 Å². The van der Waals surface area contributed by atoms with E-state index in [1.165, 1.54) is 12.0 Å². The quantitative estimate of drug-likeness (QED) is 0.413. The molecule has 21 heavy (non-hydrogen) atoms. The molecule has 110 valence electrons. The van der Waals surface area contributed by atoms with Crippen molar-refractivity contribution in [1.29, 1.82) is 0 Å². The fourth-order valence-corrected chi connectivity index (χ4v) is 15.5. The maximum atomic E-state index is 5.74. The monoisotopic (exact) mass is 544 g/mol. The van der Waals surface area contributed by atoms with Gasteiger partial charge in [0.05, 0.1) is 0 Å². The van der Waals surface area contributed by atoms with E-state index in [1.54, 1.807) is 4.47 Å². The first kappa shape index (κ1) is 16.2. The van der Waals surface area contributed by atoms with Gasteiger partial charge in [0.15, 0.2) is 0 Å². The maximum absolute atomic E-state index is 5.74. The van der Waals surface area contributed by atoms with E-state index in [2.05, 4.69) is 46.1 Å². The van der Waals surface area contributed by atoms with Crippen LogP contribution in [0.2, 0.25) is 0 Å². The van der Waals surface area contributed by atoms with Crippen LogP contribution in [-0.2, 0) is 0 Å². The van der Waals surface area contributed by atoms with E-state index >= 15 is 0 Å². The summed E-state index contributed by atoms with van der Waals surface area (Å²) in [5.41, 5.74) is 1.40. The van der Waals surface area contributed by atoms with Gasteiger partial charge in [-0.05, 0) is 0 Å². The second-order valence-electron chi connectivity index (χ2n) is 4.51. The molecular weight excluding hydrogens is 524 g/mol. The summed E-state index contributed by atoms with van der Waals surface area (Å²) in [5.74, 6) is 1.01. The molecule has 0 bridgehead atoms. The van der Waals surface area contributed by atoms with Gasteiger partial charge in [-0.1, -0.05) is 0 Å². The van der Waals surface area contributed by atoms with E-state index in [0.717, 1.165) is 18.8 Å². The molecule has 3 rings (SSSR count). The van der Waals surface area contributed by atoms with Gasteiger partial charge < -0.3 is 0 Å². The van der Waals surface area contributed by atoms with Gasteiger partial charge in [0.2, 0.25) is 0 Å². The average molecular weight is 540 g/mol. The molecule has 0 aromatic heterocycles. The van der Waals surface area contributed by atoms with E-state index in [-0.39, 0.29) is 0 Å². The summed E-state index contributed by atoms with van der Waals surface area (Å²) in [4.78, 5) is 7.32. The zero-order valence-electron chi connectivity index (χ0n) is 11.7. The van der Waals surface area contributed by atoms with E-state index in [4.69, 9.17) is 4.74 Å². The van der Waals surface area contributed by atoms with Gasteiger partial charge in [-0.2, -0.15) is 0 Å². The van der Waals surface area contributed by atoms with Crippen molar-refractivity contribution in [3.63, 3.8) is 0 Å². The molecule has 0 spiro atoms. The fourth-order valence-electron chi connectivity index (χ4n) is 1.82. The molecule has 2 aliphatic heterocycles. The molecule has 1 aromatic carbocycles. The zero-order valence-corrected chi connectivity index (χ0v) is 18.6. The second kappa shape index (κ2) is 8.25. The fraction of sp³-hybridized carbons (Fsp3) is 0.250. The second-order valence-corrected chi connectivity index (χ2v) is 15.0. The summed E-state index contributed by atoms with van der Waals surface area (Å²) < 4.78 is 11.0. The minimum atomic E-state index is 0.579. The first-order valence-corrected chi connectivity index (χ1v) is 14.1. The van der Waals surface area contributed by atoms with Crippen LogP contribution in [-0.4, -0.2) is 66.4 Å². The molecule has 1 nitrogen and oxygen atoms in total. The SMILES string of the molecule is CCCCOc1ccc(C2=C[Se]C(=C3[Se]C=C[Se]3)[Se]2)cc1. The number of benzene rings is 1. The summed E-state index contributed by atoms with van der Waals surface area (Å²) >= 11 is 2.56. The Bertz CT molecular complexity index is 577. The van der Waals surface area contributed by atoms with Crippen molar-refractivity contribution in [1.82, 2.24) is 0 Å². The van der Waals surface area contributed by atoms with Gasteiger partial charge in [0.25, 0.3) is 0 Å². The molecule has 2 aliphatic rings. The van der Waals surface area contributed by atoms with E-state index in [0.29, 0.717) is 59.8 Å². The van der Waals surface area contributed by atoms with Crippen molar-refractivity contribution >= 4 is 64.3 Å². The van der Waals surface area contributed by atoms with Crippen molar-refractivity contribution in [3.8, 4) is 5.75 Å². The third-order valence-corrected chi connectivity index (χ3v) is 17.8. The number of ether oxygens (including phenoxy) is 1. The first-order chi connectivity index (χ1) is 10.4. The van der Waals surface area contributed by atoms with E-state index < -0.39 is 0 Å². The molecule has 0 N–H and O–H groups in total. The third-order valence-electron chi connectivity index (χ3n) is 2.95. The molecule has 0 saturated carbocycles. The van der Waals surface area contributed by atoms with E-state index in [1.807, 2.05) is 6.74 Å². The predicted molar refractivity (Wildman–Crippen MR) is 94.0 cm³/mol. The van der Waals surface area contributed by atoms with Crippen LogP contribution in [0, 0.1) is 0 Å². The summed E-state index contributed by atoms with van der Waals surface area (Å²) in [6.45, 7) is 3.02. The van der Waals surface area contributed by atoms with Crippen molar-refractivity contribution in [2.75, 3.05) is 6.61 Å². The molecule has 0 fully saturated rings. The van der Waals surface area contributed by atoms with Gasteiger partial charge in [-0.15, -0.1) is 0 Å². The van der Waals surface area contributed by atoms with Crippen molar-refractivity contribution < 1.29 is 4.74 Å². The van der Waals surface area contributed by atoms with Crippen LogP contribution >= 0.6 is 0 Å². The summed E-state index contributed by atoms with van der Waals surface area (Å²) in [6.07, 6.45) is 2.32. The number of rotatable bonds is 5. The normalized spacial score (nSPS) is 17.5.